The van der Waals surface area contributed by atoms with Crippen LogP contribution in [0.25, 0.3) is 0 Å². The van der Waals surface area contributed by atoms with Crippen LogP contribution in [0.1, 0.15) is 18.1 Å². The summed E-state index contributed by atoms with van der Waals surface area (Å²) < 4.78 is 5.33. The predicted molar refractivity (Wildman–Crippen MR) is 50.2 cm³/mol. The number of benzene rings is 1. The molecule has 0 amide bonds. The monoisotopic (exact) mass is 165 g/mol. The summed E-state index contributed by atoms with van der Waals surface area (Å²) in [6.45, 7) is 5.95. The summed E-state index contributed by atoms with van der Waals surface area (Å²) in [7, 11) is 0. The Balaban J connectivity index is 2.82. The molecule has 0 aliphatic rings. The van der Waals surface area contributed by atoms with Crippen LogP contribution in [0, 0.1) is 13.8 Å². The fourth-order valence-corrected chi connectivity index (χ4v) is 1.00. The van der Waals surface area contributed by atoms with Gasteiger partial charge < -0.3 is 4.74 Å². The minimum Gasteiger partial charge on any atom is -0.476 e. The molecule has 0 saturated heterocycles. The van der Waals surface area contributed by atoms with Gasteiger partial charge >= 0.3 is 0 Å². The van der Waals surface area contributed by atoms with Crippen LogP contribution >= 0.6 is 0 Å². The molecule has 2 N–H and O–H groups in total. The molecule has 2 nitrogen and oxygen atoms in total. The Morgan fingerprint density at radius 1 is 1.25 bits per heavy atom. The van der Waals surface area contributed by atoms with E-state index in [-0.39, 0.29) is 6.23 Å². The highest BCUT2D eigenvalue weighted by Crippen LogP contribution is 2.16. The Kier molecular flexibility index (Phi) is 2.71. The SMILES string of the molecule is Cc1ccc(OC(C)N)cc1C. The molecule has 0 fully saturated rings. The number of nitrogens with two attached hydrogens (primary N) is 1. The number of hydrogen-bond acceptors (Lipinski definition) is 2. The summed E-state index contributed by atoms with van der Waals surface area (Å²) in [5, 5.41) is 0. The van der Waals surface area contributed by atoms with E-state index in [1.807, 2.05) is 25.1 Å². The van der Waals surface area contributed by atoms with Gasteiger partial charge in [-0.15, -0.1) is 0 Å². The van der Waals surface area contributed by atoms with Crippen LogP contribution in [0.15, 0.2) is 18.2 Å². The lowest BCUT2D eigenvalue weighted by Crippen LogP contribution is -2.22. The van der Waals surface area contributed by atoms with Gasteiger partial charge in [0.15, 0.2) is 0 Å². The fraction of sp³-hybridized carbons (Fsp3) is 0.400. The molecule has 66 valence electrons. The Morgan fingerprint density at radius 2 is 1.92 bits per heavy atom. The molecule has 1 atom stereocenters. The van der Waals surface area contributed by atoms with E-state index >= 15 is 0 Å². The lowest BCUT2D eigenvalue weighted by molar-refractivity contribution is 0.230. The minimum absolute atomic E-state index is 0.243. The maximum Gasteiger partial charge on any atom is 0.144 e. The lowest BCUT2D eigenvalue weighted by atomic mass is 10.1. The molecule has 0 heterocycles. The first-order valence-electron chi connectivity index (χ1n) is 4.09. The van der Waals surface area contributed by atoms with Gasteiger partial charge in [0.25, 0.3) is 0 Å². The largest absolute Gasteiger partial charge is 0.476 e. The number of hydrogen-bond donors (Lipinski definition) is 1. The molecule has 1 aromatic rings. The molecule has 0 radical (unpaired) electrons. The molecule has 0 spiro atoms. The van der Waals surface area contributed by atoms with E-state index in [2.05, 4.69) is 13.8 Å². The Bertz CT molecular complexity index is 269. The summed E-state index contributed by atoms with van der Waals surface area (Å²) >= 11 is 0. The zero-order chi connectivity index (χ0) is 9.14. The number of rotatable bonds is 2. The molecule has 12 heavy (non-hydrogen) atoms. The van der Waals surface area contributed by atoms with Gasteiger partial charge in [-0.2, -0.15) is 0 Å². The highest BCUT2D eigenvalue weighted by Gasteiger charge is 1.98. The van der Waals surface area contributed by atoms with Crippen molar-refractivity contribution in [1.29, 1.82) is 0 Å². The average Bonchev–Trinajstić information content (AvgIpc) is 1.96. The van der Waals surface area contributed by atoms with Gasteiger partial charge in [0.2, 0.25) is 0 Å². The molecule has 0 aliphatic heterocycles. The van der Waals surface area contributed by atoms with Crippen LogP contribution in [0.5, 0.6) is 5.75 Å². The van der Waals surface area contributed by atoms with E-state index < -0.39 is 0 Å². The van der Waals surface area contributed by atoms with E-state index in [9.17, 15) is 0 Å². The zero-order valence-electron chi connectivity index (χ0n) is 7.79. The van der Waals surface area contributed by atoms with Gasteiger partial charge in [0.05, 0.1) is 0 Å². The number of aryl methyl sites for hydroxylation is 2. The first kappa shape index (κ1) is 9.07. The smallest absolute Gasteiger partial charge is 0.144 e. The second kappa shape index (κ2) is 3.59. The summed E-state index contributed by atoms with van der Waals surface area (Å²) in [6, 6.07) is 5.97. The summed E-state index contributed by atoms with van der Waals surface area (Å²) in [6.07, 6.45) is -0.243. The van der Waals surface area contributed by atoms with Crippen molar-refractivity contribution >= 4 is 0 Å². The van der Waals surface area contributed by atoms with E-state index in [1.54, 1.807) is 0 Å². The highest BCUT2D eigenvalue weighted by atomic mass is 16.5. The highest BCUT2D eigenvalue weighted by molar-refractivity contribution is 5.33. The van der Waals surface area contributed by atoms with Crippen molar-refractivity contribution in [3.63, 3.8) is 0 Å². The third-order valence-corrected chi connectivity index (χ3v) is 1.80. The van der Waals surface area contributed by atoms with Crippen LogP contribution in [-0.4, -0.2) is 6.23 Å². The molecule has 1 aromatic carbocycles. The summed E-state index contributed by atoms with van der Waals surface area (Å²) in [4.78, 5) is 0. The lowest BCUT2D eigenvalue weighted by Gasteiger charge is -2.10. The summed E-state index contributed by atoms with van der Waals surface area (Å²) in [5.74, 6) is 0.841. The molecule has 0 aliphatic carbocycles. The first-order valence-corrected chi connectivity index (χ1v) is 4.09. The van der Waals surface area contributed by atoms with Gasteiger partial charge in [-0.3, -0.25) is 5.73 Å². The van der Waals surface area contributed by atoms with Crippen molar-refractivity contribution in [3.05, 3.63) is 29.3 Å². The third kappa shape index (κ3) is 2.24. The predicted octanol–water partition coefficient (Wildman–Crippen LogP) is 1.99. The van der Waals surface area contributed by atoms with Crippen molar-refractivity contribution in [2.24, 2.45) is 5.73 Å². The van der Waals surface area contributed by atoms with E-state index in [1.165, 1.54) is 11.1 Å². The van der Waals surface area contributed by atoms with Crippen LogP contribution < -0.4 is 10.5 Å². The molecule has 1 unspecified atom stereocenters. The van der Waals surface area contributed by atoms with Gasteiger partial charge in [-0.05, 0) is 44.0 Å². The number of ether oxygens (including phenoxy) is 1. The third-order valence-electron chi connectivity index (χ3n) is 1.80. The van der Waals surface area contributed by atoms with E-state index in [4.69, 9.17) is 10.5 Å². The first-order chi connectivity index (χ1) is 5.59. The van der Waals surface area contributed by atoms with Crippen molar-refractivity contribution in [2.45, 2.75) is 27.0 Å². The van der Waals surface area contributed by atoms with Crippen LogP contribution in [-0.2, 0) is 0 Å². The second-order valence-corrected chi connectivity index (χ2v) is 3.07. The van der Waals surface area contributed by atoms with Gasteiger partial charge in [-0.1, -0.05) is 6.07 Å². The second-order valence-electron chi connectivity index (χ2n) is 3.07. The maximum atomic E-state index is 5.49. The van der Waals surface area contributed by atoms with E-state index in [0.29, 0.717) is 0 Å². The molecule has 0 bridgehead atoms. The van der Waals surface area contributed by atoms with Gasteiger partial charge in [0.1, 0.15) is 12.0 Å². The zero-order valence-corrected chi connectivity index (χ0v) is 7.79. The molecule has 0 saturated carbocycles. The normalized spacial score (nSPS) is 12.7. The van der Waals surface area contributed by atoms with Crippen LogP contribution in [0.4, 0.5) is 0 Å². The van der Waals surface area contributed by atoms with Crippen LogP contribution in [0.2, 0.25) is 0 Å². The minimum atomic E-state index is -0.243. The standard InChI is InChI=1S/C10H15NO/c1-7-4-5-10(6-8(7)2)12-9(3)11/h4-6,9H,11H2,1-3H3. The Labute approximate surface area is 73.3 Å². The van der Waals surface area contributed by atoms with E-state index in [0.717, 1.165) is 5.75 Å². The van der Waals surface area contributed by atoms with Crippen molar-refractivity contribution in [3.8, 4) is 5.75 Å². The molecular formula is C10H15NO. The Morgan fingerprint density at radius 3 is 2.42 bits per heavy atom. The Hall–Kier alpha value is -1.02. The molecular weight excluding hydrogens is 150 g/mol. The molecule has 2 heteroatoms. The van der Waals surface area contributed by atoms with Crippen molar-refractivity contribution in [2.75, 3.05) is 0 Å². The van der Waals surface area contributed by atoms with Crippen LogP contribution in [0.3, 0.4) is 0 Å². The van der Waals surface area contributed by atoms with Gasteiger partial charge in [0, 0.05) is 0 Å². The molecule has 1 rings (SSSR count). The average molecular weight is 165 g/mol. The maximum absolute atomic E-state index is 5.49. The van der Waals surface area contributed by atoms with Gasteiger partial charge in [-0.25, -0.2) is 0 Å². The van der Waals surface area contributed by atoms with Crippen molar-refractivity contribution < 1.29 is 4.74 Å². The molecule has 0 aromatic heterocycles. The van der Waals surface area contributed by atoms with Crippen molar-refractivity contribution in [1.82, 2.24) is 0 Å². The fourth-order valence-electron chi connectivity index (χ4n) is 1.00. The summed E-state index contributed by atoms with van der Waals surface area (Å²) in [5.41, 5.74) is 7.99. The quantitative estimate of drug-likeness (QED) is 0.680. The topological polar surface area (TPSA) is 35.2 Å².